The average Bonchev–Trinajstić information content (AvgIpc) is 1.12. The summed E-state index contributed by atoms with van der Waals surface area (Å²) in [5.74, 6) is 0. The molecule has 0 aromatic carbocycles. The third-order valence-electron chi connectivity index (χ3n) is 0. The molecule has 0 fully saturated rings. The van der Waals surface area contributed by atoms with Gasteiger partial charge in [0.2, 0.25) is 0 Å². The monoisotopic (exact) mass is 276 g/mol. The van der Waals surface area contributed by atoms with E-state index in [-0.39, 0.29) is 106 Å². The second kappa shape index (κ2) is 10.8. The molecule has 0 radical (unpaired) electrons. The van der Waals surface area contributed by atoms with Crippen LogP contribution in [0.2, 0.25) is 0 Å². The minimum atomic E-state index is -4.67. The van der Waals surface area contributed by atoms with E-state index in [2.05, 4.69) is 0 Å². The first-order valence-corrected chi connectivity index (χ1v) is 4.44. The quantitative estimate of drug-likeness (QED) is 0.166. The molecule has 0 atom stereocenters. The molecule has 8 nitrogen and oxygen atoms in total. The van der Waals surface area contributed by atoms with E-state index in [1.54, 1.807) is 0 Å². The predicted octanol–water partition coefficient (Wildman–Crippen LogP) is -7.35. The van der Waals surface area contributed by atoms with Crippen LogP contribution in [0.5, 0.6) is 0 Å². The van der Waals surface area contributed by atoms with Crippen LogP contribution in [0.1, 0.15) is 2.85 Å². The van der Waals surface area contributed by atoms with Crippen LogP contribution in [0.3, 0.4) is 0 Å². The summed E-state index contributed by atoms with van der Waals surface area (Å²) >= 11 is 0. The van der Waals surface area contributed by atoms with Crippen LogP contribution in [-0.2, 0) is 15.0 Å². The van der Waals surface area contributed by atoms with Crippen molar-refractivity contribution in [2.75, 3.05) is 0 Å². The number of rotatable bonds is 0. The fourth-order valence-corrected chi connectivity index (χ4v) is 0. The van der Waals surface area contributed by atoms with Crippen LogP contribution >= 0.6 is 7.82 Å². The number of hydrogen-bond donors (Lipinski definition) is 5. The van der Waals surface area contributed by atoms with Crippen LogP contribution in [0.25, 0.3) is 0 Å². The van der Waals surface area contributed by atoms with E-state index >= 15 is 0 Å². The van der Waals surface area contributed by atoms with E-state index in [1.165, 1.54) is 0 Å². The van der Waals surface area contributed by atoms with Gasteiger partial charge in [-0.3, -0.25) is 9.11 Å². The zero-order valence-electron chi connectivity index (χ0n) is 8.32. The molecule has 0 amide bonds. The Morgan fingerprint density at radius 2 is 1.00 bits per heavy atom. The van der Waals surface area contributed by atoms with E-state index in [4.69, 9.17) is 36.8 Å². The van der Waals surface area contributed by atoms with Gasteiger partial charge in [-0.15, -0.1) is 0 Å². The standard InChI is InChI=1S/2K.H3O4P.H2O4S.2H/c;;2*1-5(2,3)4;;/h;;(H3,1,2,3,4);(H2,1,2,3,4);;/q2*+1;;;2*-1. The second-order valence-electron chi connectivity index (χ2n) is 0.961. The Morgan fingerprint density at radius 1 is 1.00 bits per heavy atom. The molecule has 0 aromatic heterocycles. The van der Waals surface area contributed by atoms with Gasteiger partial charge in [0.15, 0.2) is 0 Å². The van der Waals surface area contributed by atoms with Gasteiger partial charge in [-0.2, -0.15) is 8.42 Å². The number of hydrogen-bond acceptors (Lipinski definition) is 3. The maximum Gasteiger partial charge on any atom is 1.00 e. The molecule has 12 heavy (non-hydrogen) atoms. The summed E-state index contributed by atoms with van der Waals surface area (Å²) in [5.41, 5.74) is 0. The van der Waals surface area contributed by atoms with Gasteiger partial charge in [0.25, 0.3) is 0 Å². The third-order valence-corrected chi connectivity index (χ3v) is 0. The zero-order valence-corrected chi connectivity index (χ0v) is 14.3. The molecule has 0 aliphatic heterocycles. The van der Waals surface area contributed by atoms with E-state index < -0.39 is 18.2 Å². The van der Waals surface area contributed by atoms with Crippen molar-refractivity contribution in [3.05, 3.63) is 0 Å². The fourth-order valence-electron chi connectivity index (χ4n) is 0. The first-order chi connectivity index (χ1) is 4.00. The Hall–Kier alpha value is 3.25. The number of phosphoric acid groups is 1. The van der Waals surface area contributed by atoms with Crippen molar-refractivity contribution in [2.45, 2.75) is 0 Å². The van der Waals surface area contributed by atoms with Gasteiger partial charge in [-0.1, -0.05) is 0 Å². The van der Waals surface area contributed by atoms with Crippen molar-refractivity contribution in [1.29, 1.82) is 0 Å². The topological polar surface area (TPSA) is 152 Å². The molecule has 0 rings (SSSR count). The predicted molar refractivity (Wildman–Crippen MR) is 30.7 cm³/mol. The van der Waals surface area contributed by atoms with Gasteiger partial charge in [-0.25, -0.2) is 4.57 Å². The van der Waals surface area contributed by atoms with Gasteiger partial charge in [0, 0.05) is 0 Å². The molecule has 0 spiro atoms. The Labute approximate surface area is 157 Å². The molecule has 0 unspecified atom stereocenters. The third kappa shape index (κ3) is 188. The molecule has 0 aliphatic carbocycles. The molecule has 0 saturated heterocycles. The van der Waals surface area contributed by atoms with Crippen molar-refractivity contribution in [3.63, 3.8) is 0 Å². The van der Waals surface area contributed by atoms with Gasteiger partial charge in [0.1, 0.15) is 0 Å². The molecule has 0 bridgehead atoms. The Bertz CT molecular complexity index is 203. The normalized spacial score (nSPS) is 9.75. The van der Waals surface area contributed by atoms with E-state index in [9.17, 15) is 0 Å². The summed E-state index contributed by atoms with van der Waals surface area (Å²) in [6, 6.07) is 0. The summed E-state index contributed by atoms with van der Waals surface area (Å²) in [6.45, 7) is 0. The second-order valence-corrected chi connectivity index (χ2v) is 2.88. The van der Waals surface area contributed by atoms with E-state index in [1.807, 2.05) is 0 Å². The van der Waals surface area contributed by atoms with Crippen LogP contribution in [0.15, 0.2) is 0 Å². The summed E-state index contributed by atoms with van der Waals surface area (Å²) in [7, 11) is -9.31. The Balaban J connectivity index is -0.0000000178. The Morgan fingerprint density at radius 3 is 1.00 bits per heavy atom. The molecule has 5 N–H and O–H groups in total. The minimum absolute atomic E-state index is 0. The van der Waals surface area contributed by atoms with Crippen molar-refractivity contribution < 1.29 is 142 Å². The fraction of sp³-hybridized carbons (Fsp3) is 0. The Kier molecular flexibility index (Phi) is 21.9. The molecule has 68 valence electrons. The SMILES string of the molecule is O=P(O)(O)O.O=S(=O)(O)O.[H-].[H-].[K+].[K+]. The van der Waals surface area contributed by atoms with Crippen molar-refractivity contribution >= 4 is 18.2 Å². The molecule has 0 saturated carbocycles. The molecule has 0 aliphatic rings. The molecular weight excluding hydrogens is 269 g/mol. The molecule has 0 heterocycles. The first kappa shape index (κ1) is 24.5. The summed E-state index contributed by atoms with van der Waals surface area (Å²) < 4.78 is 40.5. The van der Waals surface area contributed by atoms with Crippen molar-refractivity contribution in [1.82, 2.24) is 0 Å². The van der Waals surface area contributed by atoms with Crippen LogP contribution in [0.4, 0.5) is 0 Å². The van der Waals surface area contributed by atoms with Crippen molar-refractivity contribution in [3.8, 4) is 0 Å². The molecule has 0 aromatic rings. The molecule has 12 heteroatoms. The van der Waals surface area contributed by atoms with Crippen molar-refractivity contribution in [2.24, 2.45) is 0 Å². The maximum absolute atomic E-state index is 8.88. The van der Waals surface area contributed by atoms with Gasteiger partial charge < -0.3 is 17.5 Å². The van der Waals surface area contributed by atoms with E-state index in [0.717, 1.165) is 0 Å². The zero-order chi connectivity index (χ0) is 9.00. The summed E-state index contributed by atoms with van der Waals surface area (Å²) in [5, 5.41) is 0. The molecular formula is H7K2O8PS. The van der Waals surface area contributed by atoms with E-state index in [0.29, 0.717) is 0 Å². The van der Waals surface area contributed by atoms with Crippen LogP contribution in [-0.4, -0.2) is 32.2 Å². The van der Waals surface area contributed by atoms with Gasteiger partial charge >= 0.3 is 121 Å². The van der Waals surface area contributed by atoms with Crippen LogP contribution in [0, 0.1) is 0 Å². The largest absolute Gasteiger partial charge is 1.00 e. The van der Waals surface area contributed by atoms with Gasteiger partial charge in [0.05, 0.1) is 0 Å². The smallest absolute Gasteiger partial charge is 1.00 e. The average molecular weight is 276 g/mol. The summed E-state index contributed by atoms with van der Waals surface area (Å²) in [6.07, 6.45) is 0. The summed E-state index contributed by atoms with van der Waals surface area (Å²) in [4.78, 5) is 21.6. The minimum Gasteiger partial charge on any atom is -1.00 e. The van der Waals surface area contributed by atoms with Gasteiger partial charge in [-0.05, 0) is 0 Å². The maximum atomic E-state index is 8.88. The first-order valence-electron chi connectivity index (χ1n) is 1.48. The van der Waals surface area contributed by atoms with Crippen LogP contribution < -0.4 is 103 Å².